The number of hydrogen-bond donors (Lipinski definition) is 0. The maximum absolute atomic E-state index is 13.9. The molecule has 0 radical (unpaired) electrons. The Kier molecular flexibility index (Phi) is 6.37. The smallest absolute Gasteiger partial charge is 0.267 e. The predicted octanol–water partition coefficient (Wildman–Crippen LogP) is 5.99. The topological polar surface area (TPSA) is 44.1 Å². The molecule has 0 bridgehead atoms. The van der Waals surface area contributed by atoms with Gasteiger partial charge in [-0.2, -0.15) is 0 Å². The number of hydrogen-bond acceptors (Lipinski definition) is 5. The number of fused-ring (bicyclic) bond motifs is 3. The first-order valence-electron chi connectivity index (χ1n) is 10.7. The van der Waals surface area contributed by atoms with Crippen LogP contribution in [-0.2, 0) is 17.8 Å². The summed E-state index contributed by atoms with van der Waals surface area (Å²) in [5.41, 5.74) is 3.22. The lowest BCUT2D eigenvalue weighted by Gasteiger charge is -2.26. The summed E-state index contributed by atoms with van der Waals surface area (Å²) in [7, 11) is 0. The number of aromatic nitrogens is 2. The number of benzene rings is 1. The molecule has 0 N–H and O–H groups in total. The van der Waals surface area contributed by atoms with E-state index in [2.05, 4.69) is 40.7 Å². The molecule has 1 atom stereocenters. The van der Waals surface area contributed by atoms with Gasteiger partial charge in [0.1, 0.15) is 4.83 Å². The van der Waals surface area contributed by atoms with Gasteiger partial charge < -0.3 is 4.74 Å². The molecule has 0 amide bonds. The molecule has 0 spiro atoms. The van der Waals surface area contributed by atoms with Crippen molar-refractivity contribution >= 4 is 33.3 Å². The van der Waals surface area contributed by atoms with Crippen LogP contribution in [0.3, 0.4) is 0 Å². The number of aryl methyl sites for hydroxylation is 1. The summed E-state index contributed by atoms with van der Waals surface area (Å²) >= 11 is 3.31. The van der Waals surface area contributed by atoms with E-state index in [0.717, 1.165) is 55.7 Å². The van der Waals surface area contributed by atoms with Crippen LogP contribution >= 0.6 is 23.1 Å². The highest BCUT2D eigenvalue weighted by Gasteiger charge is 2.29. The van der Waals surface area contributed by atoms with Gasteiger partial charge in [0.15, 0.2) is 5.16 Å². The summed E-state index contributed by atoms with van der Waals surface area (Å²) in [4.78, 5) is 20.9. The third kappa shape index (κ3) is 4.10. The van der Waals surface area contributed by atoms with Gasteiger partial charge in [0.05, 0.1) is 23.8 Å². The zero-order valence-electron chi connectivity index (χ0n) is 18.4. The molecule has 3 aromatic rings. The Morgan fingerprint density at radius 2 is 2.03 bits per heavy atom. The summed E-state index contributed by atoms with van der Waals surface area (Å²) in [6.45, 7) is 11.4. The minimum atomic E-state index is 0.0586. The van der Waals surface area contributed by atoms with Crippen molar-refractivity contribution in [1.29, 1.82) is 0 Å². The van der Waals surface area contributed by atoms with Gasteiger partial charge in [-0.25, -0.2) is 4.98 Å². The molecule has 1 aliphatic rings. The van der Waals surface area contributed by atoms with Crippen molar-refractivity contribution in [3.8, 4) is 5.69 Å². The van der Waals surface area contributed by atoms with Crippen molar-refractivity contribution in [1.82, 2.24) is 9.55 Å². The monoisotopic (exact) mass is 442 g/mol. The van der Waals surface area contributed by atoms with E-state index in [1.165, 1.54) is 0 Å². The summed E-state index contributed by atoms with van der Waals surface area (Å²) in [5.74, 6) is 2.00. The van der Waals surface area contributed by atoms with Gasteiger partial charge in [-0.3, -0.25) is 9.36 Å². The standard InChI is InChI=1S/C24H30N2O2S2/c1-14(2)10-11-29-24-25-22-21(17-12-19(15(3)4)28-13-20(17)30-22)23(27)26(24)18-9-7-6-8-16(18)5/h6-9,14-15,19H,10-13H2,1-5H3. The number of nitrogens with zero attached hydrogens (tertiary/aromatic N) is 2. The Bertz CT molecular complexity index is 1110. The van der Waals surface area contributed by atoms with Crippen molar-refractivity contribution in [2.45, 2.75) is 65.3 Å². The van der Waals surface area contributed by atoms with Crippen LogP contribution in [0.2, 0.25) is 0 Å². The quantitative estimate of drug-likeness (QED) is 0.347. The number of ether oxygens (including phenoxy) is 1. The molecule has 4 nitrogen and oxygen atoms in total. The van der Waals surface area contributed by atoms with E-state index in [-0.39, 0.29) is 11.7 Å². The normalized spacial score (nSPS) is 16.6. The molecule has 160 valence electrons. The lowest BCUT2D eigenvalue weighted by atomic mass is 9.96. The number of thiophene rings is 1. The number of thioether (sulfide) groups is 1. The molecule has 4 rings (SSSR count). The van der Waals surface area contributed by atoms with Crippen LogP contribution in [0.1, 0.15) is 50.1 Å². The minimum absolute atomic E-state index is 0.0586. The molecular formula is C24H30N2O2S2. The molecule has 1 unspecified atom stereocenters. The summed E-state index contributed by atoms with van der Waals surface area (Å²) in [5, 5.41) is 1.59. The number of rotatable bonds is 6. The van der Waals surface area contributed by atoms with Crippen molar-refractivity contribution in [3.05, 3.63) is 50.6 Å². The highest BCUT2D eigenvalue weighted by Crippen LogP contribution is 2.36. The first-order chi connectivity index (χ1) is 14.4. The third-order valence-electron chi connectivity index (χ3n) is 5.74. The fraction of sp³-hybridized carbons (Fsp3) is 0.500. The molecule has 0 fully saturated rings. The molecule has 0 aliphatic carbocycles. The molecule has 0 saturated carbocycles. The summed E-state index contributed by atoms with van der Waals surface area (Å²) in [6.07, 6.45) is 2.04. The van der Waals surface area contributed by atoms with E-state index in [9.17, 15) is 4.79 Å². The average molecular weight is 443 g/mol. The molecule has 1 aliphatic heterocycles. The molecule has 30 heavy (non-hydrogen) atoms. The van der Waals surface area contributed by atoms with Gasteiger partial charge in [-0.15, -0.1) is 11.3 Å². The maximum Gasteiger partial charge on any atom is 0.267 e. The van der Waals surface area contributed by atoms with Crippen LogP contribution in [0, 0.1) is 18.8 Å². The Balaban J connectivity index is 1.89. The van der Waals surface area contributed by atoms with Crippen LogP contribution in [-0.4, -0.2) is 21.4 Å². The van der Waals surface area contributed by atoms with Gasteiger partial charge in [0, 0.05) is 17.1 Å². The first-order valence-corrected chi connectivity index (χ1v) is 12.5. The fourth-order valence-corrected chi connectivity index (χ4v) is 6.26. The average Bonchev–Trinajstić information content (AvgIpc) is 3.06. The van der Waals surface area contributed by atoms with Crippen molar-refractivity contribution in [2.75, 3.05) is 5.75 Å². The SMILES string of the molecule is Cc1ccccc1-n1c(SCCC(C)C)nc2sc3c(c2c1=O)CC(C(C)C)OC3. The Labute approximate surface area is 186 Å². The van der Waals surface area contributed by atoms with E-state index < -0.39 is 0 Å². The minimum Gasteiger partial charge on any atom is -0.372 e. The Hall–Kier alpha value is -1.63. The zero-order chi connectivity index (χ0) is 21.4. The zero-order valence-corrected chi connectivity index (χ0v) is 20.0. The fourth-order valence-electron chi connectivity index (χ4n) is 3.85. The number of para-hydroxylation sites is 1. The van der Waals surface area contributed by atoms with Crippen molar-refractivity contribution < 1.29 is 4.74 Å². The second-order valence-electron chi connectivity index (χ2n) is 8.83. The lowest BCUT2D eigenvalue weighted by Crippen LogP contribution is -2.28. The molecule has 2 aromatic heterocycles. The maximum atomic E-state index is 13.9. The summed E-state index contributed by atoms with van der Waals surface area (Å²) < 4.78 is 7.90. The van der Waals surface area contributed by atoms with Crippen molar-refractivity contribution in [2.24, 2.45) is 11.8 Å². The van der Waals surface area contributed by atoms with Crippen LogP contribution in [0.4, 0.5) is 0 Å². The molecule has 3 heterocycles. The van der Waals surface area contributed by atoms with Crippen LogP contribution in [0.25, 0.3) is 15.9 Å². The van der Waals surface area contributed by atoms with Gasteiger partial charge in [0.25, 0.3) is 5.56 Å². The van der Waals surface area contributed by atoms with Gasteiger partial charge in [0.2, 0.25) is 0 Å². The molecule has 1 aromatic carbocycles. The first kappa shape index (κ1) is 21.6. The van der Waals surface area contributed by atoms with Crippen LogP contribution in [0.15, 0.2) is 34.2 Å². The van der Waals surface area contributed by atoms with E-state index in [1.54, 1.807) is 23.1 Å². The molecule has 0 saturated heterocycles. The lowest BCUT2D eigenvalue weighted by molar-refractivity contribution is 0.00200. The van der Waals surface area contributed by atoms with E-state index >= 15 is 0 Å². The van der Waals surface area contributed by atoms with E-state index in [0.29, 0.717) is 18.4 Å². The highest BCUT2D eigenvalue weighted by molar-refractivity contribution is 7.99. The van der Waals surface area contributed by atoms with Crippen molar-refractivity contribution in [3.63, 3.8) is 0 Å². The Morgan fingerprint density at radius 3 is 2.73 bits per heavy atom. The molecule has 6 heteroatoms. The summed E-state index contributed by atoms with van der Waals surface area (Å²) in [6, 6.07) is 8.08. The van der Waals surface area contributed by atoms with Gasteiger partial charge in [-0.1, -0.05) is 57.7 Å². The second-order valence-corrected chi connectivity index (χ2v) is 11.0. The Morgan fingerprint density at radius 1 is 1.27 bits per heavy atom. The van der Waals surface area contributed by atoms with Gasteiger partial charge >= 0.3 is 0 Å². The van der Waals surface area contributed by atoms with E-state index in [4.69, 9.17) is 9.72 Å². The van der Waals surface area contributed by atoms with Crippen LogP contribution < -0.4 is 5.56 Å². The van der Waals surface area contributed by atoms with E-state index in [1.807, 2.05) is 22.8 Å². The van der Waals surface area contributed by atoms with Crippen LogP contribution in [0.5, 0.6) is 0 Å². The predicted molar refractivity (Wildman–Crippen MR) is 127 cm³/mol. The second kappa shape index (κ2) is 8.85. The third-order valence-corrected chi connectivity index (χ3v) is 7.81. The largest absolute Gasteiger partial charge is 0.372 e. The van der Waals surface area contributed by atoms with Gasteiger partial charge in [-0.05, 0) is 42.4 Å². The highest BCUT2D eigenvalue weighted by atomic mass is 32.2. The molecular weight excluding hydrogens is 412 g/mol.